The molecule has 0 N–H and O–H groups in total. The molecule has 0 radical (unpaired) electrons. The van der Waals surface area contributed by atoms with Gasteiger partial charge in [-0.2, -0.15) is 15.8 Å². The molecule has 0 amide bonds. The third-order valence-corrected chi connectivity index (χ3v) is 6.89. The molecule has 32 heavy (non-hydrogen) atoms. The normalized spacial score (nSPS) is 21.7. The molecule has 3 aromatic rings. The fourth-order valence-electron chi connectivity index (χ4n) is 4.95. The van der Waals surface area contributed by atoms with Gasteiger partial charge < -0.3 is 0 Å². The summed E-state index contributed by atoms with van der Waals surface area (Å²) >= 11 is 0. The summed E-state index contributed by atoms with van der Waals surface area (Å²) in [5.74, 6) is -0.711. The van der Waals surface area contributed by atoms with Crippen molar-refractivity contribution in [2.45, 2.75) is 37.5 Å². The molecule has 3 aromatic carbocycles. The second kappa shape index (κ2) is 7.60. The van der Waals surface area contributed by atoms with Crippen molar-refractivity contribution in [1.82, 2.24) is 0 Å². The van der Waals surface area contributed by atoms with Gasteiger partial charge in [0, 0.05) is 10.8 Å². The Hall–Kier alpha value is -4.01. The molecule has 3 nitrogen and oxygen atoms in total. The summed E-state index contributed by atoms with van der Waals surface area (Å²) in [6, 6.07) is 20.2. The first-order valence-electron chi connectivity index (χ1n) is 10.2. The minimum Gasteiger partial charge on any atom is -0.207 e. The molecule has 0 heterocycles. The monoisotopic (exact) mass is 423 g/mol. The van der Waals surface area contributed by atoms with E-state index in [0.717, 1.165) is 16.7 Å². The number of halogens is 2. The number of rotatable bonds is 2. The molecule has 0 aliphatic heterocycles. The topological polar surface area (TPSA) is 71.4 Å². The number of hydrogen-bond acceptors (Lipinski definition) is 3. The SMILES string of the molecule is CC1(c2ccc(F)cc2)CCC(C)(c2cc(C#N)c(C#N)cc2C#N)c2ccc(F)cc21. The van der Waals surface area contributed by atoms with E-state index in [2.05, 4.69) is 6.07 Å². The third-order valence-electron chi connectivity index (χ3n) is 6.89. The van der Waals surface area contributed by atoms with Crippen molar-refractivity contribution in [3.05, 3.63) is 105 Å². The Morgan fingerprint density at radius 1 is 0.625 bits per heavy atom. The molecule has 1 aliphatic carbocycles. The Bertz CT molecular complexity index is 1360. The van der Waals surface area contributed by atoms with Gasteiger partial charge in [-0.25, -0.2) is 8.78 Å². The predicted octanol–water partition coefficient (Wildman–Crippen LogP) is 5.99. The summed E-state index contributed by atoms with van der Waals surface area (Å²) in [4.78, 5) is 0. The van der Waals surface area contributed by atoms with Crippen molar-refractivity contribution in [2.75, 3.05) is 0 Å². The maximum absolute atomic E-state index is 14.4. The average Bonchev–Trinajstić information content (AvgIpc) is 2.81. The molecule has 4 rings (SSSR count). The highest BCUT2D eigenvalue weighted by atomic mass is 19.1. The van der Waals surface area contributed by atoms with Crippen molar-refractivity contribution >= 4 is 0 Å². The maximum Gasteiger partial charge on any atom is 0.123 e. The lowest BCUT2D eigenvalue weighted by atomic mass is 9.57. The Kier molecular flexibility index (Phi) is 5.04. The van der Waals surface area contributed by atoms with E-state index in [4.69, 9.17) is 0 Å². The second-order valence-electron chi connectivity index (χ2n) is 8.64. The average molecular weight is 423 g/mol. The van der Waals surface area contributed by atoms with Crippen molar-refractivity contribution < 1.29 is 8.78 Å². The first-order valence-corrected chi connectivity index (χ1v) is 10.2. The van der Waals surface area contributed by atoms with Crippen LogP contribution in [-0.4, -0.2) is 0 Å². The van der Waals surface area contributed by atoms with Crippen molar-refractivity contribution in [3.63, 3.8) is 0 Å². The third kappa shape index (κ3) is 3.13. The molecule has 2 unspecified atom stereocenters. The molecule has 2 atom stereocenters. The molecule has 0 aromatic heterocycles. The van der Waals surface area contributed by atoms with Crippen LogP contribution >= 0.6 is 0 Å². The van der Waals surface area contributed by atoms with Gasteiger partial charge in [0.25, 0.3) is 0 Å². The van der Waals surface area contributed by atoms with Crippen LogP contribution in [0.2, 0.25) is 0 Å². The molecule has 156 valence electrons. The smallest absolute Gasteiger partial charge is 0.123 e. The first-order chi connectivity index (χ1) is 15.3. The molecule has 0 fully saturated rings. The number of fused-ring (bicyclic) bond motifs is 1. The van der Waals surface area contributed by atoms with Crippen molar-refractivity contribution in [3.8, 4) is 18.2 Å². The summed E-state index contributed by atoms with van der Waals surface area (Å²) in [7, 11) is 0. The minimum atomic E-state index is -0.673. The number of nitrogens with zero attached hydrogens (tertiary/aromatic N) is 3. The van der Waals surface area contributed by atoms with E-state index in [9.17, 15) is 24.6 Å². The molecule has 0 spiro atoms. The number of benzene rings is 3. The van der Waals surface area contributed by atoms with Gasteiger partial charge in [-0.05, 0) is 71.5 Å². The summed E-state index contributed by atoms with van der Waals surface area (Å²) in [5, 5.41) is 28.7. The van der Waals surface area contributed by atoms with Gasteiger partial charge in [-0.1, -0.05) is 32.0 Å². The van der Waals surface area contributed by atoms with E-state index >= 15 is 0 Å². The van der Waals surface area contributed by atoms with E-state index in [1.54, 1.807) is 24.3 Å². The Balaban J connectivity index is 1.99. The maximum atomic E-state index is 14.4. The van der Waals surface area contributed by atoms with Crippen LogP contribution in [0.15, 0.2) is 54.6 Å². The lowest BCUT2D eigenvalue weighted by molar-refractivity contribution is 0.366. The highest BCUT2D eigenvalue weighted by Gasteiger charge is 2.45. The molecular formula is C27H19F2N3. The van der Waals surface area contributed by atoms with Gasteiger partial charge >= 0.3 is 0 Å². The Morgan fingerprint density at radius 3 is 1.81 bits per heavy atom. The lowest BCUT2D eigenvalue weighted by Gasteiger charge is -2.46. The summed E-state index contributed by atoms with van der Waals surface area (Å²) in [6.07, 6.45) is 1.24. The molecule has 0 saturated carbocycles. The minimum absolute atomic E-state index is 0.155. The van der Waals surface area contributed by atoms with Crippen LogP contribution < -0.4 is 0 Å². The zero-order valence-corrected chi connectivity index (χ0v) is 17.7. The summed E-state index contributed by atoms with van der Waals surface area (Å²) in [6.45, 7) is 4.00. The van der Waals surface area contributed by atoms with Crippen LogP contribution in [0.1, 0.15) is 65.6 Å². The van der Waals surface area contributed by atoms with E-state index in [1.807, 2.05) is 26.0 Å². The molecule has 0 saturated heterocycles. The van der Waals surface area contributed by atoms with E-state index in [-0.39, 0.29) is 22.8 Å². The van der Waals surface area contributed by atoms with Crippen LogP contribution in [-0.2, 0) is 10.8 Å². The molecule has 0 bridgehead atoms. The van der Waals surface area contributed by atoms with Gasteiger partial charge in [-0.3, -0.25) is 0 Å². The second-order valence-corrected chi connectivity index (χ2v) is 8.64. The van der Waals surface area contributed by atoms with Gasteiger partial charge in [0.1, 0.15) is 23.8 Å². The van der Waals surface area contributed by atoms with E-state index < -0.39 is 10.8 Å². The standard InChI is InChI=1S/C27H19F2N3/c1-26(20-3-5-21(28)6-4-20)9-10-27(2,23-8-7-22(29)13-25(23)26)24-12-18(15-31)17(14-30)11-19(24)16-32/h3-8,11-13H,9-10H2,1-2H3. The van der Waals surface area contributed by atoms with E-state index in [0.29, 0.717) is 24.0 Å². The number of nitriles is 3. The zero-order valence-electron chi connectivity index (χ0n) is 17.7. The lowest BCUT2D eigenvalue weighted by Crippen LogP contribution is -2.39. The molecule has 1 aliphatic rings. The summed E-state index contributed by atoms with van der Waals surface area (Å²) < 4.78 is 28.0. The summed E-state index contributed by atoms with van der Waals surface area (Å²) in [5.41, 5.74) is 2.60. The van der Waals surface area contributed by atoms with Gasteiger partial charge in [0.15, 0.2) is 0 Å². The first kappa shape index (κ1) is 21.2. The van der Waals surface area contributed by atoms with Gasteiger partial charge in [0.05, 0.1) is 22.8 Å². The van der Waals surface area contributed by atoms with Crippen LogP contribution in [0.5, 0.6) is 0 Å². The van der Waals surface area contributed by atoms with Crippen LogP contribution in [0.3, 0.4) is 0 Å². The highest BCUT2D eigenvalue weighted by molar-refractivity contribution is 5.61. The van der Waals surface area contributed by atoms with Gasteiger partial charge in [0.2, 0.25) is 0 Å². The molecule has 5 heteroatoms. The van der Waals surface area contributed by atoms with Crippen molar-refractivity contribution in [2.24, 2.45) is 0 Å². The van der Waals surface area contributed by atoms with E-state index in [1.165, 1.54) is 30.3 Å². The van der Waals surface area contributed by atoms with Crippen LogP contribution in [0, 0.1) is 45.6 Å². The van der Waals surface area contributed by atoms with Crippen LogP contribution in [0.25, 0.3) is 0 Å². The fraction of sp³-hybridized carbons (Fsp3) is 0.222. The van der Waals surface area contributed by atoms with Crippen molar-refractivity contribution in [1.29, 1.82) is 15.8 Å². The predicted molar refractivity (Wildman–Crippen MR) is 116 cm³/mol. The highest BCUT2D eigenvalue weighted by Crippen LogP contribution is 2.52. The largest absolute Gasteiger partial charge is 0.207 e. The fourth-order valence-corrected chi connectivity index (χ4v) is 4.95. The van der Waals surface area contributed by atoms with Gasteiger partial charge in [-0.15, -0.1) is 0 Å². The molecular weight excluding hydrogens is 404 g/mol. The van der Waals surface area contributed by atoms with Crippen LogP contribution in [0.4, 0.5) is 8.78 Å². The Morgan fingerprint density at radius 2 is 1.19 bits per heavy atom. The Labute approximate surface area is 185 Å². The number of hydrogen-bond donors (Lipinski definition) is 0. The quantitative estimate of drug-likeness (QED) is 0.509. The zero-order chi connectivity index (χ0) is 23.1.